The van der Waals surface area contributed by atoms with Crippen molar-refractivity contribution in [1.29, 1.82) is 0 Å². The van der Waals surface area contributed by atoms with E-state index >= 15 is 0 Å². The molecule has 0 aliphatic heterocycles. The van der Waals surface area contributed by atoms with Crippen LogP contribution in [0.25, 0.3) is 22.2 Å². The van der Waals surface area contributed by atoms with Crippen molar-refractivity contribution in [2.75, 3.05) is 5.32 Å². The number of fused-ring (bicyclic) bond motifs is 1. The lowest BCUT2D eigenvalue weighted by Crippen LogP contribution is -2.13. The van der Waals surface area contributed by atoms with Crippen LogP contribution in [0.3, 0.4) is 0 Å². The van der Waals surface area contributed by atoms with Crippen LogP contribution in [0.2, 0.25) is 0 Å². The van der Waals surface area contributed by atoms with Crippen molar-refractivity contribution in [3.8, 4) is 11.3 Å². The summed E-state index contributed by atoms with van der Waals surface area (Å²) in [7, 11) is 0. The van der Waals surface area contributed by atoms with Crippen LogP contribution in [-0.2, 0) is 6.42 Å². The highest BCUT2D eigenvalue weighted by Crippen LogP contribution is 2.26. The molecular weight excluding hydrogens is 332 g/mol. The Labute approximate surface area is 158 Å². The Morgan fingerprint density at radius 2 is 1.59 bits per heavy atom. The minimum absolute atomic E-state index is 0.133. The first-order valence-corrected chi connectivity index (χ1v) is 9.10. The van der Waals surface area contributed by atoms with Crippen molar-refractivity contribution in [3.63, 3.8) is 0 Å². The molecule has 0 aliphatic rings. The number of hydrogen-bond donors (Lipinski definition) is 1. The molecule has 0 unspecified atom stereocenters. The normalized spacial score (nSPS) is 10.7. The summed E-state index contributed by atoms with van der Waals surface area (Å²) in [5.41, 5.74) is 5.30. The number of carbonyl (C=O) groups is 1. The number of aromatic nitrogens is 1. The molecule has 1 amide bonds. The van der Waals surface area contributed by atoms with E-state index in [1.807, 2.05) is 60.7 Å². The van der Waals surface area contributed by atoms with Gasteiger partial charge in [-0.3, -0.25) is 4.79 Å². The lowest BCUT2D eigenvalue weighted by molar-refractivity contribution is 0.102. The third-order valence-electron chi connectivity index (χ3n) is 4.65. The first kappa shape index (κ1) is 17.0. The number of nitrogens with one attached hydrogen (secondary N) is 1. The summed E-state index contributed by atoms with van der Waals surface area (Å²) in [5.74, 6) is -0.133. The van der Waals surface area contributed by atoms with Gasteiger partial charge in [0.25, 0.3) is 5.91 Å². The highest BCUT2D eigenvalue weighted by atomic mass is 16.1. The molecule has 4 aromatic rings. The molecule has 0 saturated heterocycles. The fraction of sp³-hybridized carbons (Fsp3) is 0.0833. The molecule has 3 aromatic carbocycles. The average Bonchev–Trinajstić information content (AvgIpc) is 2.73. The zero-order valence-corrected chi connectivity index (χ0v) is 15.1. The van der Waals surface area contributed by atoms with Crippen molar-refractivity contribution < 1.29 is 4.79 Å². The number of pyridine rings is 1. The van der Waals surface area contributed by atoms with Crippen LogP contribution < -0.4 is 5.32 Å². The Balaban J connectivity index is 1.79. The van der Waals surface area contributed by atoms with Gasteiger partial charge in [-0.2, -0.15) is 0 Å². The van der Waals surface area contributed by atoms with Crippen LogP contribution in [0, 0.1) is 0 Å². The summed E-state index contributed by atoms with van der Waals surface area (Å²) in [6.45, 7) is 2.13. The summed E-state index contributed by atoms with van der Waals surface area (Å²) in [6, 6.07) is 27.5. The van der Waals surface area contributed by atoms with Gasteiger partial charge in [-0.15, -0.1) is 0 Å². The number of para-hydroxylation sites is 2. The van der Waals surface area contributed by atoms with Gasteiger partial charge in [0.05, 0.1) is 16.8 Å². The molecule has 132 valence electrons. The second kappa shape index (κ2) is 7.42. The quantitative estimate of drug-likeness (QED) is 0.510. The highest BCUT2D eigenvalue weighted by Gasteiger charge is 2.14. The van der Waals surface area contributed by atoms with E-state index in [0.717, 1.165) is 34.3 Å². The zero-order valence-electron chi connectivity index (χ0n) is 15.1. The van der Waals surface area contributed by atoms with E-state index in [9.17, 15) is 4.79 Å². The van der Waals surface area contributed by atoms with E-state index in [1.54, 1.807) is 0 Å². The van der Waals surface area contributed by atoms with Gasteiger partial charge in [0, 0.05) is 16.6 Å². The predicted octanol–water partition coefficient (Wildman–Crippen LogP) is 5.72. The van der Waals surface area contributed by atoms with Crippen molar-refractivity contribution in [1.82, 2.24) is 4.98 Å². The fourth-order valence-electron chi connectivity index (χ4n) is 3.14. The van der Waals surface area contributed by atoms with Crippen LogP contribution in [0.1, 0.15) is 22.8 Å². The largest absolute Gasteiger partial charge is 0.322 e. The molecule has 0 spiro atoms. The smallest absolute Gasteiger partial charge is 0.256 e. The van der Waals surface area contributed by atoms with Gasteiger partial charge in [-0.25, -0.2) is 4.98 Å². The molecule has 4 rings (SSSR count). The summed E-state index contributed by atoms with van der Waals surface area (Å²) in [4.78, 5) is 17.7. The molecule has 3 heteroatoms. The molecule has 0 aliphatic carbocycles. The molecule has 1 N–H and O–H groups in total. The van der Waals surface area contributed by atoms with E-state index in [2.05, 4.69) is 36.5 Å². The fourth-order valence-corrected chi connectivity index (χ4v) is 3.14. The van der Waals surface area contributed by atoms with E-state index in [1.165, 1.54) is 5.56 Å². The van der Waals surface area contributed by atoms with E-state index in [-0.39, 0.29) is 5.91 Å². The van der Waals surface area contributed by atoms with Crippen molar-refractivity contribution in [2.45, 2.75) is 13.3 Å². The standard InChI is InChI=1S/C24H20N2O/c1-2-17-12-14-18(15-13-17)23-16-21(20-10-6-7-11-22(20)26-23)24(27)25-19-8-4-3-5-9-19/h3-16H,2H2,1H3,(H,25,27). The van der Waals surface area contributed by atoms with Crippen molar-refractivity contribution in [2.24, 2.45) is 0 Å². The maximum Gasteiger partial charge on any atom is 0.256 e. The van der Waals surface area contributed by atoms with Crippen molar-refractivity contribution >= 4 is 22.5 Å². The second-order valence-corrected chi connectivity index (χ2v) is 6.44. The Morgan fingerprint density at radius 3 is 2.33 bits per heavy atom. The molecule has 1 aromatic heterocycles. The number of carbonyl (C=O) groups excluding carboxylic acids is 1. The molecular formula is C24H20N2O. The Bertz CT molecular complexity index is 1090. The number of anilines is 1. The SMILES string of the molecule is CCc1ccc(-c2cc(C(=O)Nc3ccccc3)c3ccccc3n2)cc1. The molecule has 0 bridgehead atoms. The minimum atomic E-state index is -0.133. The molecule has 0 fully saturated rings. The maximum atomic E-state index is 13.0. The van der Waals surface area contributed by atoms with Crippen LogP contribution >= 0.6 is 0 Å². The van der Waals surface area contributed by atoms with Crippen LogP contribution in [-0.4, -0.2) is 10.9 Å². The summed E-state index contributed by atoms with van der Waals surface area (Å²) >= 11 is 0. The van der Waals surface area contributed by atoms with Gasteiger partial charge < -0.3 is 5.32 Å². The van der Waals surface area contributed by atoms with Gasteiger partial charge >= 0.3 is 0 Å². The van der Waals surface area contributed by atoms with Crippen LogP contribution in [0.5, 0.6) is 0 Å². The van der Waals surface area contributed by atoms with Gasteiger partial charge in [0.15, 0.2) is 0 Å². The second-order valence-electron chi connectivity index (χ2n) is 6.44. The number of rotatable bonds is 4. The number of aryl methyl sites for hydroxylation is 1. The summed E-state index contributed by atoms with van der Waals surface area (Å²) in [6.07, 6.45) is 0.996. The Hall–Kier alpha value is -3.46. The molecule has 0 radical (unpaired) electrons. The van der Waals surface area contributed by atoms with Crippen LogP contribution in [0.4, 0.5) is 5.69 Å². The molecule has 0 saturated carbocycles. The number of amides is 1. The lowest BCUT2D eigenvalue weighted by atomic mass is 10.0. The number of nitrogens with zero attached hydrogens (tertiary/aromatic N) is 1. The molecule has 0 atom stereocenters. The number of hydrogen-bond acceptors (Lipinski definition) is 2. The third kappa shape index (κ3) is 3.58. The Kier molecular flexibility index (Phi) is 4.67. The third-order valence-corrected chi connectivity index (χ3v) is 4.65. The molecule has 3 nitrogen and oxygen atoms in total. The minimum Gasteiger partial charge on any atom is -0.322 e. The van der Waals surface area contributed by atoms with E-state index in [4.69, 9.17) is 4.98 Å². The topological polar surface area (TPSA) is 42.0 Å². The van der Waals surface area contributed by atoms with E-state index < -0.39 is 0 Å². The first-order valence-electron chi connectivity index (χ1n) is 9.10. The molecule has 27 heavy (non-hydrogen) atoms. The lowest BCUT2D eigenvalue weighted by Gasteiger charge is -2.11. The van der Waals surface area contributed by atoms with Gasteiger partial charge in [-0.1, -0.05) is 67.6 Å². The van der Waals surface area contributed by atoms with Crippen LogP contribution in [0.15, 0.2) is 84.9 Å². The van der Waals surface area contributed by atoms with Gasteiger partial charge in [0.2, 0.25) is 0 Å². The van der Waals surface area contributed by atoms with Gasteiger partial charge in [0.1, 0.15) is 0 Å². The predicted molar refractivity (Wildman–Crippen MR) is 111 cm³/mol. The van der Waals surface area contributed by atoms with Crippen molar-refractivity contribution in [3.05, 3.63) is 96.1 Å². The number of benzene rings is 3. The summed E-state index contributed by atoms with van der Waals surface area (Å²) in [5, 5.41) is 3.83. The first-order chi connectivity index (χ1) is 13.2. The highest BCUT2D eigenvalue weighted by molar-refractivity contribution is 6.13. The van der Waals surface area contributed by atoms with Gasteiger partial charge in [-0.05, 0) is 36.2 Å². The molecule has 1 heterocycles. The average molecular weight is 352 g/mol. The maximum absolute atomic E-state index is 13.0. The Morgan fingerprint density at radius 1 is 0.889 bits per heavy atom. The van der Waals surface area contributed by atoms with E-state index in [0.29, 0.717) is 5.56 Å². The summed E-state index contributed by atoms with van der Waals surface area (Å²) < 4.78 is 0. The zero-order chi connectivity index (χ0) is 18.6. The monoisotopic (exact) mass is 352 g/mol.